The minimum absolute atomic E-state index is 0.144. The van der Waals surface area contributed by atoms with Crippen LogP contribution in [-0.2, 0) is 16.4 Å². The number of aryl methyl sites for hydroxylation is 2. The Morgan fingerprint density at radius 3 is 2.18 bits per heavy atom. The van der Waals surface area contributed by atoms with Crippen molar-refractivity contribution < 1.29 is 22.6 Å². The summed E-state index contributed by atoms with van der Waals surface area (Å²) in [4.78, 5) is 4.38. The third-order valence-corrected chi connectivity index (χ3v) is 6.85. The summed E-state index contributed by atoms with van der Waals surface area (Å²) in [5.74, 6) is 1.14. The van der Waals surface area contributed by atoms with Crippen molar-refractivity contribution in [3.63, 3.8) is 0 Å². The van der Waals surface area contributed by atoms with E-state index in [9.17, 15) is 8.42 Å². The fraction of sp³-hybridized carbons (Fsp3) is 0.192. The Morgan fingerprint density at radius 1 is 0.879 bits per heavy atom. The lowest BCUT2D eigenvalue weighted by Gasteiger charge is -2.20. The van der Waals surface area contributed by atoms with Crippen LogP contribution in [0.15, 0.2) is 77.8 Å². The number of nitrogens with zero attached hydrogens (tertiary/aromatic N) is 2. The van der Waals surface area contributed by atoms with Gasteiger partial charge in [0.2, 0.25) is 5.69 Å². The molecule has 3 aromatic carbocycles. The quantitative estimate of drug-likeness (QED) is 0.354. The van der Waals surface area contributed by atoms with Crippen LogP contribution in [0, 0.1) is 6.92 Å². The van der Waals surface area contributed by atoms with E-state index in [0.717, 1.165) is 33.9 Å². The number of hydrogen-bond donors (Lipinski definition) is 0. The molecule has 0 aliphatic rings. The molecule has 7 heteroatoms. The van der Waals surface area contributed by atoms with E-state index in [-0.39, 0.29) is 4.90 Å². The van der Waals surface area contributed by atoms with Gasteiger partial charge in [0.25, 0.3) is 0 Å². The summed E-state index contributed by atoms with van der Waals surface area (Å²) < 4.78 is 38.8. The molecule has 0 atom stereocenters. The van der Waals surface area contributed by atoms with E-state index in [1.54, 1.807) is 50.7 Å². The van der Waals surface area contributed by atoms with Gasteiger partial charge in [-0.05, 0) is 55.1 Å². The number of fused-ring (bicyclic) bond motifs is 1. The number of aromatic nitrogens is 1. The monoisotopic (exact) mass is 462 g/mol. The van der Waals surface area contributed by atoms with E-state index in [4.69, 9.17) is 9.47 Å². The van der Waals surface area contributed by atoms with Gasteiger partial charge in [0.15, 0.2) is 27.7 Å². The molecule has 0 saturated heterocycles. The van der Waals surface area contributed by atoms with Crippen LogP contribution in [0.3, 0.4) is 0 Å². The van der Waals surface area contributed by atoms with Gasteiger partial charge in [-0.1, -0.05) is 42.8 Å². The summed E-state index contributed by atoms with van der Waals surface area (Å²) in [6.07, 6.45) is 2.52. The highest BCUT2D eigenvalue weighted by molar-refractivity contribution is 7.93. The van der Waals surface area contributed by atoms with Gasteiger partial charge in [0.05, 0.1) is 30.1 Å². The number of hydrogen-bond acceptors (Lipinski definition) is 4. The first-order chi connectivity index (χ1) is 15.9. The largest absolute Gasteiger partial charge is 0.493 e. The first kappa shape index (κ1) is 22.6. The molecule has 0 N–H and O–H groups in total. The molecule has 0 spiro atoms. The Labute approximate surface area is 194 Å². The van der Waals surface area contributed by atoms with Crippen LogP contribution < -0.4 is 14.1 Å². The highest BCUT2D eigenvalue weighted by atomic mass is 32.2. The number of rotatable bonds is 7. The molecule has 6 nitrogen and oxygen atoms in total. The summed E-state index contributed by atoms with van der Waals surface area (Å²) in [6, 6.07) is 20.1. The molecule has 4 rings (SSSR count). The minimum Gasteiger partial charge on any atom is -0.493 e. The standard InChI is InChI=1S/C26H26N2O4S/c1-5-19-17-28(27-33(29,30)21-13-10-18(2)11-14-21)26(23-9-7-6-8-22(19)23)20-12-15-24(31-3)25(16-20)32-4/h6-17H,5H2,1-4H3. The normalized spacial score (nSPS) is 11.4. The Bertz CT molecular complexity index is 1410. The third-order valence-electron chi connectivity index (χ3n) is 5.59. The lowest BCUT2D eigenvalue weighted by Crippen LogP contribution is -2.35. The Balaban J connectivity index is 1.97. The first-order valence-corrected chi connectivity index (χ1v) is 12.1. The van der Waals surface area contributed by atoms with E-state index in [1.165, 1.54) is 4.68 Å². The zero-order chi connectivity index (χ0) is 23.6. The van der Waals surface area contributed by atoms with Crippen molar-refractivity contribution in [2.45, 2.75) is 25.2 Å². The predicted molar refractivity (Wildman–Crippen MR) is 129 cm³/mol. The van der Waals surface area contributed by atoms with Gasteiger partial charge in [0, 0.05) is 5.56 Å². The molecule has 4 aromatic rings. The lowest BCUT2D eigenvalue weighted by atomic mass is 9.99. The zero-order valence-corrected chi connectivity index (χ0v) is 19.9. The maximum Gasteiger partial charge on any atom is 0.216 e. The molecule has 0 fully saturated rings. The van der Waals surface area contributed by atoms with Crippen molar-refractivity contribution in [2.24, 2.45) is 0 Å². The van der Waals surface area contributed by atoms with E-state index < -0.39 is 10.0 Å². The molecule has 170 valence electrons. The molecule has 0 amide bonds. The molecule has 0 aliphatic carbocycles. The second kappa shape index (κ2) is 9.11. The second-order valence-corrected chi connectivity index (χ2v) is 9.27. The highest BCUT2D eigenvalue weighted by Crippen LogP contribution is 2.35. The van der Waals surface area contributed by atoms with Crippen molar-refractivity contribution in [1.82, 2.24) is 0 Å². The van der Waals surface area contributed by atoms with E-state index >= 15 is 0 Å². The average Bonchev–Trinajstić information content (AvgIpc) is 2.83. The lowest BCUT2D eigenvalue weighted by molar-refractivity contribution is -0.601. The van der Waals surface area contributed by atoms with E-state index in [1.807, 2.05) is 50.2 Å². The van der Waals surface area contributed by atoms with Gasteiger partial charge in [-0.25, -0.2) is 13.1 Å². The van der Waals surface area contributed by atoms with Crippen LogP contribution in [0.4, 0.5) is 0 Å². The maximum atomic E-state index is 13.2. The van der Waals surface area contributed by atoms with E-state index in [2.05, 4.69) is 4.83 Å². The van der Waals surface area contributed by atoms with Crippen LogP contribution in [0.25, 0.3) is 26.9 Å². The number of pyridine rings is 1. The number of benzene rings is 3. The van der Waals surface area contributed by atoms with Gasteiger partial charge in [-0.3, -0.25) is 0 Å². The van der Waals surface area contributed by atoms with Crippen LogP contribution in [0.2, 0.25) is 0 Å². The average molecular weight is 463 g/mol. The molecule has 33 heavy (non-hydrogen) atoms. The van der Waals surface area contributed by atoms with Gasteiger partial charge in [-0.15, -0.1) is 0 Å². The van der Waals surface area contributed by atoms with Crippen molar-refractivity contribution in [1.29, 1.82) is 0 Å². The summed E-state index contributed by atoms with van der Waals surface area (Å²) in [6.45, 7) is 3.95. The predicted octanol–water partition coefficient (Wildman–Crippen LogP) is 5.21. The number of ether oxygens (including phenoxy) is 2. The van der Waals surface area contributed by atoms with Gasteiger partial charge in [0.1, 0.15) is 0 Å². The van der Waals surface area contributed by atoms with Crippen molar-refractivity contribution in [3.8, 4) is 22.8 Å². The highest BCUT2D eigenvalue weighted by Gasteiger charge is 2.21. The molecular weight excluding hydrogens is 436 g/mol. The topological polar surface area (TPSA) is 70.6 Å². The third kappa shape index (κ3) is 4.36. The number of methoxy groups -OCH3 is 2. The molecule has 0 unspecified atom stereocenters. The molecule has 0 radical (unpaired) electrons. The molecule has 0 bridgehead atoms. The summed E-state index contributed by atoms with van der Waals surface area (Å²) >= 11 is 0. The van der Waals surface area contributed by atoms with E-state index in [0.29, 0.717) is 17.2 Å². The van der Waals surface area contributed by atoms with Crippen LogP contribution in [0.5, 0.6) is 11.5 Å². The van der Waals surface area contributed by atoms with Crippen molar-refractivity contribution in [3.05, 3.63) is 88.9 Å². The smallest absolute Gasteiger partial charge is 0.216 e. The van der Waals surface area contributed by atoms with Crippen LogP contribution in [-0.4, -0.2) is 22.6 Å². The Kier molecular flexibility index (Phi) is 6.24. The van der Waals surface area contributed by atoms with Crippen LogP contribution in [0.1, 0.15) is 18.1 Å². The van der Waals surface area contributed by atoms with Gasteiger partial charge >= 0.3 is 0 Å². The van der Waals surface area contributed by atoms with Crippen LogP contribution >= 0.6 is 0 Å². The summed E-state index contributed by atoms with van der Waals surface area (Å²) in [5, 5.41) is 1.94. The first-order valence-electron chi connectivity index (χ1n) is 10.6. The van der Waals surface area contributed by atoms with Gasteiger partial charge in [-0.2, -0.15) is 0 Å². The zero-order valence-electron chi connectivity index (χ0n) is 19.1. The second-order valence-electron chi connectivity index (χ2n) is 7.69. The fourth-order valence-corrected chi connectivity index (χ4v) is 4.80. The summed E-state index contributed by atoms with van der Waals surface area (Å²) in [5.41, 5.74) is 3.39. The molecule has 1 heterocycles. The van der Waals surface area contributed by atoms with Crippen molar-refractivity contribution in [2.75, 3.05) is 14.2 Å². The SMILES string of the molecule is CCc1c[n+]([N-]S(=O)(=O)c2ccc(C)cc2)c(-c2ccc(OC)c(OC)c2)c2ccccc12. The number of sulfonamides is 1. The Hall–Kier alpha value is -3.58. The molecular formula is C26H26N2O4S. The minimum atomic E-state index is -3.95. The molecule has 1 aromatic heterocycles. The molecule has 0 aliphatic heterocycles. The summed E-state index contributed by atoms with van der Waals surface area (Å²) in [7, 11) is -0.805. The van der Waals surface area contributed by atoms with Crippen molar-refractivity contribution >= 4 is 20.8 Å². The van der Waals surface area contributed by atoms with Gasteiger partial charge < -0.3 is 14.3 Å². The Morgan fingerprint density at radius 2 is 1.55 bits per heavy atom. The maximum absolute atomic E-state index is 13.2. The fourth-order valence-electron chi connectivity index (χ4n) is 3.87. The molecule has 0 saturated carbocycles.